The summed E-state index contributed by atoms with van der Waals surface area (Å²) in [4.78, 5) is 41.5. The third kappa shape index (κ3) is 3.25. The zero-order chi connectivity index (χ0) is 15.6. The van der Waals surface area contributed by atoms with Crippen LogP contribution in [-0.2, 0) is 18.3 Å². The average molecular weight is 292 g/mol. The summed E-state index contributed by atoms with van der Waals surface area (Å²) in [6, 6.07) is -0.380. The molecule has 2 heterocycles. The van der Waals surface area contributed by atoms with Gasteiger partial charge in [-0.3, -0.25) is 19.3 Å². The fourth-order valence-electron chi connectivity index (χ4n) is 1.83. The van der Waals surface area contributed by atoms with Crippen LogP contribution in [0.4, 0.5) is 0 Å². The van der Waals surface area contributed by atoms with Gasteiger partial charge in [-0.05, 0) is 13.8 Å². The highest BCUT2D eigenvalue weighted by atomic mass is 16.2. The fraction of sp³-hybridized carbons (Fsp3) is 0.417. The molecule has 1 atom stereocenters. The number of aromatic amines is 2. The van der Waals surface area contributed by atoms with Crippen molar-refractivity contribution in [3.8, 4) is 0 Å². The second-order valence-electron chi connectivity index (χ2n) is 4.73. The predicted octanol–water partition coefficient (Wildman–Crippen LogP) is -1.08. The van der Waals surface area contributed by atoms with Crippen LogP contribution >= 0.6 is 0 Å². The van der Waals surface area contributed by atoms with E-state index < -0.39 is 11.2 Å². The maximum Gasteiger partial charge on any atom is 0.328 e. The first-order valence-corrected chi connectivity index (χ1v) is 6.34. The van der Waals surface area contributed by atoms with Crippen LogP contribution in [0.25, 0.3) is 0 Å². The Labute approximate surface area is 119 Å². The largest absolute Gasteiger partial charge is 0.346 e. The number of rotatable bonds is 4. The van der Waals surface area contributed by atoms with Gasteiger partial charge in [-0.1, -0.05) is 0 Å². The maximum atomic E-state index is 11.9. The van der Waals surface area contributed by atoms with Gasteiger partial charge in [0.15, 0.2) is 5.82 Å². The zero-order valence-corrected chi connectivity index (χ0v) is 11.9. The average Bonchev–Trinajstić information content (AvgIpc) is 2.86. The van der Waals surface area contributed by atoms with Crippen molar-refractivity contribution in [2.45, 2.75) is 26.3 Å². The molecule has 3 N–H and O–H groups in total. The molecule has 0 radical (unpaired) electrons. The van der Waals surface area contributed by atoms with E-state index in [1.165, 1.54) is 13.2 Å². The number of aromatic nitrogens is 5. The van der Waals surface area contributed by atoms with E-state index in [1.807, 2.05) is 0 Å². The number of hydrogen-bond acceptors (Lipinski definition) is 5. The number of nitrogens with one attached hydrogen (secondary N) is 3. The SMILES string of the molecule is Cc1nc([C@H](C)NC(=O)Cc2c[nH]c(=O)n(C)c2=O)n[nH]1. The topological polar surface area (TPSA) is 126 Å². The van der Waals surface area contributed by atoms with Crippen molar-refractivity contribution in [3.05, 3.63) is 44.2 Å². The zero-order valence-electron chi connectivity index (χ0n) is 11.9. The summed E-state index contributed by atoms with van der Waals surface area (Å²) >= 11 is 0. The van der Waals surface area contributed by atoms with Crippen LogP contribution in [0.3, 0.4) is 0 Å². The Hall–Kier alpha value is -2.71. The number of nitrogens with zero attached hydrogens (tertiary/aromatic N) is 3. The molecule has 9 heteroatoms. The van der Waals surface area contributed by atoms with Crippen molar-refractivity contribution in [2.24, 2.45) is 7.05 Å². The molecule has 0 aromatic carbocycles. The molecule has 0 unspecified atom stereocenters. The van der Waals surface area contributed by atoms with Crippen molar-refractivity contribution in [1.82, 2.24) is 30.0 Å². The van der Waals surface area contributed by atoms with E-state index in [2.05, 4.69) is 25.5 Å². The molecule has 2 aromatic heterocycles. The highest BCUT2D eigenvalue weighted by Gasteiger charge is 2.15. The van der Waals surface area contributed by atoms with Crippen molar-refractivity contribution in [3.63, 3.8) is 0 Å². The number of amides is 1. The molecule has 2 rings (SSSR count). The normalized spacial score (nSPS) is 12.1. The Morgan fingerprint density at radius 2 is 2.19 bits per heavy atom. The van der Waals surface area contributed by atoms with E-state index in [-0.39, 0.29) is 23.9 Å². The van der Waals surface area contributed by atoms with Crippen molar-refractivity contribution in [2.75, 3.05) is 0 Å². The van der Waals surface area contributed by atoms with Crippen LogP contribution in [-0.4, -0.2) is 30.6 Å². The molecule has 0 aliphatic rings. The first-order chi connectivity index (χ1) is 9.88. The van der Waals surface area contributed by atoms with E-state index in [9.17, 15) is 14.4 Å². The molecular formula is C12H16N6O3. The molecular weight excluding hydrogens is 276 g/mol. The van der Waals surface area contributed by atoms with Crippen LogP contribution in [0, 0.1) is 6.92 Å². The number of aryl methyl sites for hydroxylation is 1. The lowest BCUT2D eigenvalue weighted by atomic mass is 10.2. The Kier molecular flexibility index (Phi) is 4.01. The second kappa shape index (κ2) is 5.73. The molecule has 0 saturated heterocycles. The minimum absolute atomic E-state index is 0.128. The third-order valence-corrected chi connectivity index (χ3v) is 2.98. The summed E-state index contributed by atoms with van der Waals surface area (Å²) in [6.07, 6.45) is 1.13. The molecule has 112 valence electrons. The van der Waals surface area contributed by atoms with Crippen LogP contribution in [0.2, 0.25) is 0 Å². The van der Waals surface area contributed by atoms with E-state index in [0.717, 1.165) is 4.57 Å². The Morgan fingerprint density at radius 1 is 1.48 bits per heavy atom. The Balaban J connectivity index is 2.07. The van der Waals surface area contributed by atoms with Crippen LogP contribution in [0.1, 0.15) is 30.2 Å². The molecule has 0 aliphatic carbocycles. The molecule has 21 heavy (non-hydrogen) atoms. The molecule has 1 amide bonds. The lowest BCUT2D eigenvalue weighted by Crippen LogP contribution is -2.37. The van der Waals surface area contributed by atoms with Gasteiger partial charge in [0, 0.05) is 18.8 Å². The highest BCUT2D eigenvalue weighted by Crippen LogP contribution is 2.05. The van der Waals surface area contributed by atoms with E-state index >= 15 is 0 Å². The van der Waals surface area contributed by atoms with Gasteiger partial charge >= 0.3 is 5.69 Å². The number of carbonyl (C=O) groups excluding carboxylic acids is 1. The molecule has 0 spiro atoms. The number of H-pyrrole nitrogens is 2. The predicted molar refractivity (Wildman–Crippen MR) is 73.7 cm³/mol. The van der Waals surface area contributed by atoms with E-state index in [1.54, 1.807) is 13.8 Å². The van der Waals surface area contributed by atoms with Crippen LogP contribution in [0.5, 0.6) is 0 Å². The molecule has 0 bridgehead atoms. The molecule has 0 fully saturated rings. The van der Waals surface area contributed by atoms with Crippen molar-refractivity contribution >= 4 is 5.91 Å². The third-order valence-electron chi connectivity index (χ3n) is 2.98. The molecule has 0 aliphatic heterocycles. The Morgan fingerprint density at radius 3 is 2.81 bits per heavy atom. The standard InChI is InChI=1S/C12H16N6O3/c1-6(10-15-7(2)16-17-10)14-9(19)4-8-5-13-12(21)18(3)11(8)20/h5-6H,4H2,1-3H3,(H,13,21)(H,14,19)(H,15,16,17)/t6-/m0/s1. The van der Waals surface area contributed by atoms with Gasteiger partial charge in [-0.15, -0.1) is 0 Å². The Bertz CT molecular complexity index is 772. The maximum absolute atomic E-state index is 11.9. The van der Waals surface area contributed by atoms with E-state index in [0.29, 0.717) is 11.6 Å². The van der Waals surface area contributed by atoms with E-state index in [4.69, 9.17) is 0 Å². The van der Waals surface area contributed by atoms with Gasteiger partial charge in [0.1, 0.15) is 5.82 Å². The fourth-order valence-corrected chi connectivity index (χ4v) is 1.83. The van der Waals surface area contributed by atoms with Gasteiger partial charge in [0.05, 0.1) is 12.5 Å². The monoisotopic (exact) mass is 292 g/mol. The lowest BCUT2D eigenvalue weighted by molar-refractivity contribution is -0.121. The van der Waals surface area contributed by atoms with Gasteiger partial charge in [0.25, 0.3) is 5.56 Å². The molecule has 2 aromatic rings. The summed E-state index contributed by atoms with van der Waals surface area (Å²) in [7, 11) is 1.35. The van der Waals surface area contributed by atoms with Gasteiger partial charge in [-0.25, -0.2) is 9.78 Å². The first kappa shape index (κ1) is 14.7. The van der Waals surface area contributed by atoms with Gasteiger partial charge < -0.3 is 10.3 Å². The summed E-state index contributed by atoms with van der Waals surface area (Å²) in [5.74, 6) is 0.768. The van der Waals surface area contributed by atoms with Crippen LogP contribution < -0.4 is 16.6 Å². The smallest absolute Gasteiger partial charge is 0.328 e. The summed E-state index contributed by atoms with van der Waals surface area (Å²) < 4.78 is 0.921. The number of hydrogen-bond donors (Lipinski definition) is 3. The van der Waals surface area contributed by atoms with Gasteiger partial charge in [0.2, 0.25) is 5.91 Å². The quantitative estimate of drug-likeness (QED) is 0.661. The number of carbonyl (C=O) groups is 1. The summed E-state index contributed by atoms with van der Waals surface area (Å²) in [5.41, 5.74) is -0.794. The summed E-state index contributed by atoms with van der Waals surface area (Å²) in [5, 5.41) is 9.34. The summed E-state index contributed by atoms with van der Waals surface area (Å²) in [6.45, 7) is 3.50. The minimum atomic E-state index is -0.520. The minimum Gasteiger partial charge on any atom is -0.346 e. The first-order valence-electron chi connectivity index (χ1n) is 6.34. The van der Waals surface area contributed by atoms with Gasteiger partial charge in [-0.2, -0.15) is 5.10 Å². The molecule has 0 saturated carbocycles. The highest BCUT2D eigenvalue weighted by molar-refractivity contribution is 5.78. The van der Waals surface area contributed by atoms with Crippen molar-refractivity contribution in [1.29, 1.82) is 0 Å². The van der Waals surface area contributed by atoms with Crippen molar-refractivity contribution < 1.29 is 4.79 Å². The van der Waals surface area contributed by atoms with Crippen LogP contribution in [0.15, 0.2) is 15.8 Å². The lowest BCUT2D eigenvalue weighted by Gasteiger charge is -2.10. The second-order valence-corrected chi connectivity index (χ2v) is 4.73. The molecule has 9 nitrogen and oxygen atoms in total.